The minimum atomic E-state index is -0.0666. The summed E-state index contributed by atoms with van der Waals surface area (Å²) in [5.74, 6) is 0.348. The Labute approximate surface area is 172 Å². The van der Waals surface area contributed by atoms with Crippen molar-refractivity contribution in [3.05, 3.63) is 52.0 Å². The van der Waals surface area contributed by atoms with Gasteiger partial charge in [-0.3, -0.25) is 4.79 Å². The van der Waals surface area contributed by atoms with Gasteiger partial charge in [0.05, 0.1) is 17.0 Å². The Morgan fingerprint density at radius 1 is 1.32 bits per heavy atom. The molecular formula is C21H22BrN3O3. The number of nitrogens with zero attached hydrogens (tertiary/aromatic N) is 3. The maximum absolute atomic E-state index is 12.8. The Hall–Kier alpha value is -2.25. The fourth-order valence-electron chi connectivity index (χ4n) is 3.69. The molecule has 0 spiro atoms. The summed E-state index contributed by atoms with van der Waals surface area (Å²) in [6.07, 6.45) is 3.85. The van der Waals surface area contributed by atoms with E-state index in [0.717, 1.165) is 52.8 Å². The number of aromatic nitrogens is 3. The maximum Gasteiger partial charge on any atom is 0.224 e. The lowest BCUT2D eigenvalue weighted by atomic mass is 10.1. The maximum atomic E-state index is 12.8. The van der Waals surface area contributed by atoms with E-state index in [4.69, 9.17) is 9.47 Å². The zero-order chi connectivity index (χ0) is 19.7. The number of ketones is 1. The molecular weight excluding hydrogens is 422 g/mol. The van der Waals surface area contributed by atoms with Gasteiger partial charge in [0.1, 0.15) is 6.33 Å². The lowest BCUT2D eigenvalue weighted by Gasteiger charge is -2.14. The third-order valence-corrected chi connectivity index (χ3v) is 5.68. The lowest BCUT2D eigenvalue weighted by molar-refractivity contribution is 0.0912. The second-order valence-corrected chi connectivity index (χ2v) is 8.00. The molecule has 0 N–H and O–H groups in total. The zero-order valence-corrected chi connectivity index (χ0v) is 17.5. The summed E-state index contributed by atoms with van der Waals surface area (Å²) in [6.45, 7) is 5.55. The number of carbonyl (C=O) groups is 1. The molecule has 0 bridgehead atoms. The molecule has 1 aliphatic rings. The zero-order valence-electron chi connectivity index (χ0n) is 15.9. The molecule has 3 aromatic rings. The Kier molecular flexibility index (Phi) is 5.46. The molecule has 28 heavy (non-hydrogen) atoms. The number of fused-ring (bicyclic) bond motifs is 1. The van der Waals surface area contributed by atoms with Crippen LogP contribution in [0.5, 0.6) is 5.88 Å². The molecule has 0 saturated carbocycles. The molecule has 2 aromatic heterocycles. The summed E-state index contributed by atoms with van der Waals surface area (Å²) in [6, 6.07) is 7.62. The van der Waals surface area contributed by atoms with Crippen LogP contribution < -0.4 is 4.74 Å². The number of rotatable bonds is 6. The average molecular weight is 444 g/mol. The van der Waals surface area contributed by atoms with Crippen molar-refractivity contribution in [3.63, 3.8) is 0 Å². The van der Waals surface area contributed by atoms with Gasteiger partial charge < -0.3 is 14.0 Å². The van der Waals surface area contributed by atoms with E-state index in [0.29, 0.717) is 11.4 Å². The highest BCUT2D eigenvalue weighted by Crippen LogP contribution is 2.25. The first kappa shape index (κ1) is 19.1. The number of hydrogen-bond acceptors (Lipinski definition) is 5. The van der Waals surface area contributed by atoms with Crippen LogP contribution in [0, 0.1) is 13.8 Å². The number of benzene rings is 1. The second kappa shape index (κ2) is 8.01. The van der Waals surface area contributed by atoms with Gasteiger partial charge in [-0.15, -0.1) is 0 Å². The van der Waals surface area contributed by atoms with Gasteiger partial charge in [0.25, 0.3) is 0 Å². The average Bonchev–Trinajstić information content (AvgIpc) is 3.30. The summed E-state index contributed by atoms with van der Waals surface area (Å²) in [5.41, 5.74) is 3.48. The van der Waals surface area contributed by atoms with Crippen molar-refractivity contribution in [2.75, 3.05) is 13.2 Å². The van der Waals surface area contributed by atoms with Crippen LogP contribution in [0.2, 0.25) is 0 Å². The van der Waals surface area contributed by atoms with Gasteiger partial charge in [-0.1, -0.05) is 15.9 Å². The molecule has 0 unspecified atom stereocenters. The fourth-order valence-corrected chi connectivity index (χ4v) is 4.05. The van der Waals surface area contributed by atoms with E-state index < -0.39 is 0 Å². The molecule has 1 fully saturated rings. The second-order valence-electron chi connectivity index (χ2n) is 7.08. The van der Waals surface area contributed by atoms with Crippen molar-refractivity contribution in [1.82, 2.24) is 14.5 Å². The largest absolute Gasteiger partial charge is 0.469 e. The van der Waals surface area contributed by atoms with Gasteiger partial charge in [-0.25, -0.2) is 9.97 Å². The van der Waals surface area contributed by atoms with Crippen LogP contribution in [-0.2, 0) is 11.3 Å². The Balaban J connectivity index is 1.51. The summed E-state index contributed by atoms with van der Waals surface area (Å²) in [5, 5.41) is 0.772. The molecule has 1 atom stereocenters. The first-order valence-corrected chi connectivity index (χ1v) is 10.2. The fraction of sp³-hybridized carbons (Fsp3) is 0.381. The number of ether oxygens (including phenoxy) is 2. The highest BCUT2D eigenvalue weighted by Gasteiger charge is 2.21. The highest BCUT2D eigenvalue weighted by atomic mass is 79.9. The van der Waals surface area contributed by atoms with E-state index in [2.05, 4.69) is 30.5 Å². The monoisotopic (exact) mass is 443 g/mol. The molecule has 0 radical (unpaired) electrons. The van der Waals surface area contributed by atoms with Crippen LogP contribution in [0.1, 0.15) is 34.6 Å². The summed E-state index contributed by atoms with van der Waals surface area (Å²) < 4.78 is 14.6. The van der Waals surface area contributed by atoms with Gasteiger partial charge in [0.2, 0.25) is 11.7 Å². The van der Waals surface area contributed by atoms with Crippen LogP contribution in [0.25, 0.3) is 10.9 Å². The molecule has 6 nitrogen and oxygen atoms in total. The predicted octanol–water partition coefficient (Wildman–Crippen LogP) is 4.25. The van der Waals surface area contributed by atoms with Crippen LogP contribution in [0.15, 0.2) is 35.1 Å². The third-order valence-electron chi connectivity index (χ3n) is 5.19. The minimum Gasteiger partial charge on any atom is -0.469 e. The first-order valence-electron chi connectivity index (χ1n) is 9.37. The summed E-state index contributed by atoms with van der Waals surface area (Å²) >= 11 is 3.45. The molecule has 1 aromatic carbocycles. The quantitative estimate of drug-likeness (QED) is 0.532. The highest BCUT2D eigenvalue weighted by molar-refractivity contribution is 9.10. The van der Waals surface area contributed by atoms with Crippen LogP contribution >= 0.6 is 15.9 Å². The molecule has 3 heterocycles. The third kappa shape index (κ3) is 3.82. The van der Waals surface area contributed by atoms with E-state index in [1.807, 2.05) is 38.1 Å². The van der Waals surface area contributed by atoms with E-state index in [9.17, 15) is 4.79 Å². The first-order chi connectivity index (χ1) is 13.5. The summed E-state index contributed by atoms with van der Waals surface area (Å²) in [4.78, 5) is 21.3. The Morgan fingerprint density at radius 3 is 2.96 bits per heavy atom. The van der Waals surface area contributed by atoms with Crippen molar-refractivity contribution in [1.29, 1.82) is 0 Å². The lowest BCUT2D eigenvalue weighted by Crippen LogP contribution is -2.18. The van der Waals surface area contributed by atoms with E-state index in [-0.39, 0.29) is 18.5 Å². The van der Waals surface area contributed by atoms with Crippen LogP contribution in [0.4, 0.5) is 0 Å². The SMILES string of the molecule is Cc1cc(C(=O)COc2ncnc3ccc(Br)cc23)c(C)n1C[C@H]1CCCO1. The molecule has 1 aliphatic heterocycles. The number of Topliss-reactive ketones (excluding diaryl/α,β-unsaturated/α-hetero) is 1. The van der Waals surface area contributed by atoms with Gasteiger partial charge >= 0.3 is 0 Å². The molecule has 0 aliphatic carbocycles. The van der Waals surface area contributed by atoms with Crippen molar-refractivity contribution in [3.8, 4) is 5.88 Å². The number of hydrogen-bond donors (Lipinski definition) is 0. The standard InChI is InChI=1S/C21H22BrN3O3/c1-13-8-17(14(2)25(13)10-16-4-3-7-27-16)20(26)11-28-21-18-9-15(22)5-6-19(18)23-12-24-21/h5-6,8-9,12,16H,3-4,7,10-11H2,1-2H3/t16-/m1/s1. The number of halogens is 1. The Bertz CT molecular complexity index is 1030. The number of carbonyl (C=O) groups excluding carboxylic acids is 1. The molecule has 0 amide bonds. The molecule has 7 heteroatoms. The van der Waals surface area contributed by atoms with Crippen molar-refractivity contribution in [2.24, 2.45) is 0 Å². The Morgan fingerprint density at radius 2 is 2.18 bits per heavy atom. The molecule has 1 saturated heterocycles. The number of aryl methyl sites for hydroxylation is 1. The topological polar surface area (TPSA) is 66.2 Å². The van der Waals surface area contributed by atoms with Crippen molar-refractivity contribution >= 4 is 32.6 Å². The predicted molar refractivity (Wildman–Crippen MR) is 110 cm³/mol. The van der Waals surface area contributed by atoms with E-state index >= 15 is 0 Å². The van der Waals surface area contributed by atoms with Crippen molar-refractivity contribution in [2.45, 2.75) is 39.3 Å². The van der Waals surface area contributed by atoms with Gasteiger partial charge in [-0.05, 0) is 51.0 Å². The van der Waals surface area contributed by atoms with Crippen molar-refractivity contribution < 1.29 is 14.3 Å². The minimum absolute atomic E-state index is 0.0616. The summed E-state index contributed by atoms with van der Waals surface area (Å²) in [7, 11) is 0. The molecule has 146 valence electrons. The van der Waals surface area contributed by atoms with E-state index in [1.165, 1.54) is 6.33 Å². The smallest absolute Gasteiger partial charge is 0.224 e. The van der Waals surface area contributed by atoms with E-state index in [1.54, 1.807) is 0 Å². The van der Waals surface area contributed by atoms with Gasteiger partial charge in [0, 0.05) is 34.6 Å². The molecule has 4 rings (SSSR count). The van der Waals surface area contributed by atoms with Gasteiger partial charge in [-0.2, -0.15) is 0 Å². The normalized spacial score (nSPS) is 16.6. The van der Waals surface area contributed by atoms with Crippen LogP contribution in [0.3, 0.4) is 0 Å². The van der Waals surface area contributed by atoms with Gasteiger partial charge in [0.15, 0.2) is 6.61 Å². The van der Waals surface area contributed by atoms with Crippen LogP contribution in [-0.4, -0.2) is 39.6 Å².